The maximum atomic E-state index is 13.2. The van der Waals surface area contributed by atoms with Gasteiger partial charge < -0.3 is 14.9 Å². The van der Waals surface area contributed by atoms with Gasteiger partial charge in [-0.25, -0.2) is 4.68 Å². The largest absolute Gasteiger partial charge is 0.361 e. The van der Waals surface area contributed by atoms with Crippen LogP contribution in [-0.4, -0.2) is 31.8 Å². The van der Waals surface area contributed by atoms with Crippen molar-refractivity contribution in [3.05, 3.63) is 95.6 Å². The number of aromatic nitrogens is 4. The number of hydrogen-bond donors (Lipinski definition) is 2. The van der Waals surface area contributed by atoms with E-state index >= 15 is 0 Å². The van der Waals surface area contributed by atoms with Crippen LogP contribution in [0.3, 0.4) is 0 Å². The number of fused-ring (bicyclic) bond motifs is 2. The van der Waals surface area contributed by atoms with Gasteiger partial charge in [0, 0.05) is 36.1 Å². The molecule has 0 saturated heterocycles. The fourth-order valence-electron chi connectivity index (χ4n) is 4.53. The molecule has 0 spiro atoms. The molecule has 0 fully saturated rings. The molecule has 0 bridgehead atoms. The molecule has 1 amide bonds. The summed E-state index contributed by atoms with van der Waals surface area (Å²) in [5.74, 6) is -0.0877. The highest BCUT2D eigenvalue weighted by atomic mass is 32.1. The van der Waals surface area contributed by atoms with Crippen molar-refractivity contribution < 1.29 is 4.79 Å². The topological polar surface area (TPSA) is 67.6 Å². The molecule has 0 aliphatic carbocycles. The van der Waals surface area contributed by atoms with Crippen LogP contribution in [0, 0.1) is 0 Å². The van der Waals surface area contributed by atoms with Crippen molar-refractivity contribution in [2.45, 2.75) is 6.42 Å². The molecule has 0 aliphatic rings. The predicted molar refractivity (Wildman–Crippen MR) is 138 cm³/mol. The standard InChI is InChI=1S/C27H23N5OS/c1-31-23(26(33)28-14-13-18-17-29-22-11-6-5-10-20(18)22)16-21-25(24-12-7-15-34-24)30-32(27(21)31)19-8-3-2-4-9-19/h2-12,15-17,29H,13-14H2,1H3,(H,28,33). The average Bonchev–Trinajstić information content (AvgIpc) is 3.65. The SMILES string of the molecule is Cn1c(C(=O)NCCc2c[nH]c3ccccc23)cc2c(-c3cccs3)nn(-c3ccccc3)c21. The highest BCUT2D eigenvalue weighted by molar-refractivity contribution is 7.13. The minimum atomic E-state index is -0.0877. The third-order valence-corrected chi connectivity index (χ3v) is 7.08. The minimum absolute atomic E-state index is 0.0877. The van der Waals surface area contributed by atoms with Crippen LogP contribution < -0.4 is 5.32 Å². The number of aryl methyl sites for hydroxylation is 1. The summed E-state index contributed by atoms with van der Waals surface area (Å²) in [7, 11) is 1.93. The van der Waals surface area contributed by atoms with Gasteiger partial charge in [0.1, 0.15) is 17.0 Å². The average molecular weight is 466 g/mol. The summed E-state index contributed by atoms with van der Waals surface area (Å²) in [6, 6.07) is 24.3. The first-order chi connectivity index (χ1) is 16.7. The first kappa shape index (κ1) is 20.5. The second kappa shape index (κ2) is 8.35. The fourth-order valence-corrected chi connectivity index (χ4v) is 5.25. The van der Waals surface area contributed by atoms with E-state index in [1.165, 1.54) is 10.9 Å². The Hall–Kier alpha value is -4.10. The van der Waals surface area contributed by atoms with Crippen molar-refractivity contribution in [3.63, 3.8) is 0 Å². The molecule has 0 saturated carbocycles. The first-order valence-corrected chi connectivity index (χ1v) is 12.1. The van der Waals surface area contributed by atoms with Crippen LogP contribution in [0.25, 0.3) is 38.2 Å². The van der Waals surface area contributed by atoms with Gasteiger partial charge in [0.2, 0.25) is 0 Å². The smallest absolute Gasteiger partial charge is 0.267 e. The summed E-state index contributed by atoms with van der Waals surface area (Å²) < 4.78 is 3.86. The third-order valence-electron chi connectivity index (χ3n) is 6.20. The van der Waals surface area contributed by atoms with Crippen LogP contribution in [0.2, 0.25) is 0 Å². The summed E-state index contributed by atoms with van der Waals surface area (Å²) >= 11 is 1.65. The molecule has 0 unspecified atom stereocenters. The molecule has 168 valence electrons. The van der Waals surface area contributed by atoms with Gasteiger partial charge in [-0.15, -0.1) is 11.3 Å². The van der Waals surface area contributed by atoms with Crippen LogP contribution in [-0.2, 0) is 13.5 Å². The second-order valence-corrected chi connectivity index (χ2v) is 9.21. The predicted octanol–water partition coefficient (Wildman–Crippen LogP) is 5.55. The summed E-state index contributed by atoms with van der Waals surface area (Å²) in [6.45, 7) is 0.560. The lowest BCUT2D eigenvalue weighted by atomic mass is 10.1. The van der Waals surface area contributed by atoms with Crippen molar-refractivity contribution in [3.8, 4) is 16.3 Å². The van der Waals surface area contributed by atoms with Crippen molar-refractivity contribution in [2.75, 3.05) is 6.54 Å². The van der Waals surface area contributed by atoms with E-state index in [2.05, 4.69) is 28.5 Å². The van der Waals surface area contributed by atoms with Crippen LogP contribution >= 0.6 is 11.3 Å². The van der Waals surface area contributed by atoms with E-state index in [0.717, 1.165) is 39.2 Å². The van der Waals surface area contributed by atoms with Gasteiger partial charge in [-0.05, 0) is 47.7 Å². The molecule has 0 radical (unpaired) electrons. The lowest BCUT2D eigenvalue weighted by molar-refractivity contribution is 0.0946. The Morgan fingerprint density at radius 3 is 2.68 bits per heavy atom. The van der Waals surface area contributed by atoms with Gasteiger partial charge >= 0.3 is 0 Å². The van der Waals surface area contributed by atoms with Crippen LogP contribution in [0.15, 0.2) is 84.4 Å². The van der Waals surface area contributed by atoms with Gasteiger partial charge in [0.25, 0.3) is 5.91 Å². The van der Waals surface area contributed by atoms with E-state index in [4.69, 9.17) is 5.10 Å². The second-order valence-electron chi connectivity index (χ2n) is 8.26. The quantitative estimate of drug-likeness (QED) is 0.339. The maximum absolute atomic E-state index is 13.2. The third kappa shape index (κ3) is 3.41. The molecule has 4 aromatic heterocycles. The van der Waals surface area contributed by atoms with Crippen LogP contribution in [0.5, 0.6) is 0 Å². The molecule has 7 heteroatoms. The number of carbonyl (C=O) groups is 1. The van der Waals surface area contributed by atoms with Crippen LogP contribution in [0.1, 0.15) is 16.1 Å². The molecule has 2 aromatic carbocycles. The molecule has 2 N–H and O–H groups in total. The summed E-state index contributed by atoms with van der Waals surface area (Å²) in [5, 5.41) is 12.2. The molecule has 0 atom stereocenters. The van der Waals surface area contributed by atoms with Crippen molar-refractivity contribution in [1.82, 2.24) is 24.6 Å². The zero-order valence-corrected chi connectivity index (χ0v) is 19.5. The molecule has 4 heterocycles. The van der Waals surface area contributed by atoms with Crippen molar-refractivity contribution in [1.29, 1.82) is 0 Å². The summed E-state index contributed by atoms with van der Waals surface area (Å²) in [6.07, 6.45) is 2.79. The Kier molecular flexibility index (Phi) is 5.04. The van der Waals surface area contributed by atoms with Gasteiger partial charge in [-0.3, -0.25) is 4.79 Å². The number of para-hydroxylation sites is 2. The lowest BCUT2D eigenvalue weighted by Gasteiger charge is -2.08. The Morgan fingerprint density at radius 2 is 1.85 bits per heavy atom. The molecule has 6 nitrogen and oxygen atoms in total. The maximum Gasteiger partial charge on any atom is 0.267 e. The van der Waals surface area contributed by atoms with E-state index in [0.29, 0.717) is 12.2 Å². The first-order valence-electron chi connectivity index (χ1n) is 11.2. The molecule has 6 aromatic rings. The van der Waals surface area contributed by atoms with Crippen molar-refractivity contribution >= 4 is 39.2 Å². The molecular formula is C27H23N5OS. The van der Waals surface area contributed by atoms with Crippen LogP contribution in [0.4, 0.5) is 0 Å². The Morgan fingerprint density at radius 1 is 1.03 bits per heavy atom. The Labute approximate surface area is 200 Å². The number of rotatable bonds is 6. The number of benzene rings is 2. The van der Waals surface area contributed by atoms with E-state index in [1.54, 1.807) is 11.3 Å². The number of nitrogens with one attached hydrogen (secondary N) is 2. The number of nitrogens with zero attached hydrogens (tertiary/aromatic N) is 3. The van der Waals surface area contributed by atoms with E-state index in [1.807, 2.05) is 82.5 Å². The normalized spacial score (nSPS) is 11.4. The number of aromatic amines is 1. The van der Waals surface area contributed by atoms with E-state index in [-0.39, 0.29) is 5.91 Å². The zero-order chi connectivity index (χ0) is 23.1. The van der Waals surface area contributed by atoms with Gasteiger partial charge in [0.05, 0.1) is 10.6 Å². The van der Waals surface area contributed by atoms with E-state index < -0.39 is 0 Å². The Bertz CT molecular complexity index is 1610. The summed E-state index contributed by atoms with van der Waals surface area (Å²) in [4.78, 5) is 17.6. The van der Waals surface area contributed by atoms with E-state index in [9.17, 15) is 4.79 Å². The number of carbonyl (C=O) groups excluding carboxylic acids is 1. The molecule has 34 heavy (non-hydrogen) atoms. The highest BCUT2D eigenvalue weighted by Crippen LogP contribution is 2.34. The minimum Gasteiger partial charge on any atom is -0.361 e. The molecule has 0 aliphatic heterocycles. The number of thiophene rings is 1. The van der Waals surface area contributed by atoms with Gasteiger partial charge in [-0.2, -0.15) is 5.10 Å². The zero-order valence-electron chi connectivity index (χ0n) is 18.7. The number of amides is 1. The number of hydrogen-bond acceptors (Lipinski definition) is 3. The lowest BCUT2D eigenvalue weighted by Crippen LogP contribution is -2.27. The Balaban J connectivity index is 1.32. The fraction of sp³-hybridized carbons (Fsp3) is 0.111. The van der Waals surface area contributed by atoms with Crippen molar-refractivity contribution in [2.24, 2.45) is 7.05 Å². The highest BCUT2D eigenvalue weighted by Gasteiger charge is 2.22. The molecular weight excluding hydrogens is 442 g/mol. The van der Waals surface area contributed by atoms with Gasteiger partial charge in [-0.1, -0.05) is 42.5 Å². The summed E-state index contributed by atoms with van der Waals surface area (Å²) in [5.41, 5.74) is 5.69. The monoisotopic (exact) mass is 465 g/mol. The number of H-pyrrole nitrogens is 1. The van der Waals surface area contributed by atoms with Gasteiger partial charge in [0.15, 0.2) is 0 Å². The molecule has 6 rings (SSSR count).